The van der Waals surface area contributed by atoms with Crippen molar-refractivity contribution in [3.63, 3.8) is 0 Å². The van der Waals surface area contributed by atoms with Crippen LogP contribution in [0.1, 0.15) is 37.7 Å². The number of nitrogens with two attached hydrogens (primary N) is 1. The molecule has 2 N–H and O–H groups in total. The van der Waals surface area contributed by atoms with E-state index in [1.54, 1.807) is 7.11 Å². The monoisotopic (exact) mass is 219 g/mol. The van der Waals surface area contributed by atoms with Gasteiger partial charge in [0.15, 0.2) is 0 Å². The summed E-state index contributed by atoms with van der Waals surface area (Å²) in [6.07, 6.45) is 6.42. The Bertz CT molecular complexity index is 337. The fourth-order valence-corrected chi connectivity index (χ4v) is 2.89. The smallest absolute Gasteiger partial charge is 0.0559 e. The van der Waals surface area contributed by atoms with Crippen LogP contribution in [0.25, 0.3) is 0 Å². The maximum absolute atomic E-state index is 5.88. The Morgan fingerprint density at radius 1 is 1.25 bits per heavy atom. The van der Waals surface area contributed by atoms with E-state index in [-0.39, 0.29) is 5.41 Å². The summed E-state index contributed by atoms with van der Waals surface area (Å²) in [4.78, 5) is 0. The first-order valence-corrected chi connectivity index (χ1v) is 6.12. The molecule has 88 valence electrons. The lowest BCUT2D eigenvalue weighted by molar-refractivity contribution is 0.103. The van der Waals surface area contributed by atoms with Crippen LogP contribution < -0.4 is 5.73 Å². The van der Waals surface area contributed by atoms with Crippen LogP contribution in [0, 0.1) is 0 Å². The molecule has 2 rings (SSSR count). The normalized spacial score (nSPS) is 19.6. The lowest BCUT2D eigenvalue weighted by Crippen LogP contribution is -2.34. The molecule has 0 aliphatic heterocycles. The van der Waals surface area contributed by atoms with Crippen molar-refractivity contribution in [3.05, 3.63) is 29.8 Å². The molecule has 1 aliphatic rings. The van der Waals surface area contributed by atoms with E-state index in [9.17, 15) is 0 Å². The first-order valence-electron chi connectivity index (χ1n) is 6.12. The summed E-state index contributed by atoms with van der Waals surface area (Å²) in [6.45, 7) is 0.816. The number of benzene rings is 1. The molecule has 2 nitrogen and oxygen atoms in total. The van der Waals surface area contributed by atoms with E-state index < -0.39 is 0 Å². The van der Waals surface area contributed by atoms with Gasteiger partial charge in [-0.2, -0.15) is 0 Å². The third-order valence-electron chi connectivity index (χ3n) is 3.73. The Hall–Kier alpha value is -1.02. The third kappa shape index (κ3) is 2.22. The molecule has 0 atom stereocenters. The summed E-state index contributed by atoms with van der Waals surface area (Å²) in [7, 11) is 1.79. The zero-order valence-corrected chi connectivity index (χ0v) is 10.0. The Morgan fingerprint density at radius 3 is 2.62 bits per heavy atom. The Labute approximate surface area is 97.8 Å². The molecule has 0 spiro atoms. The predicted molar refractivity (Wildman–Crippen MR) is 67.5 cm³/mol. The highest BCUT2D eigenvalue weighted by Crippen LogP contribution is 2.40. The molecule has 0 heterocycles. The van der Waals surface area contributed by atoms with Gasteiger partial charge in [0.2, 0.25) is 0 Å². The van der Waals surface area contributed by atoms with Crippen LogP contribution in [0.5, 0.6) is 0 Å². The van der Waals surface area contributed by atoms with E-state index in [0.29, 0.717) is 0 Å². The Balaban J connectivity index is 2.30. The minimum Gasteiger partial charge on any atom is -0.399 e. The van der Waals surface area contributed by atoms with Crippen molar-refractivity contribution in [1.82, 2.24) is 0 Å². The van der Waals surface area contributed by atoms with Crippen molar-refractivity contribution in [1.29, 1.82) is 0 Å². The number of hydrogen-bond acceptors (Lipinski definition) is 2. The van der Waals surface area contributed by atoms with Crippen molar-refractivity contribution in [2.24, 2.45) is 0 Å². The van der Waals surface area contributed by atoms with Gasteiger partial charge in [0.1, 0.15) is 0 Å². The third-order valence-corrected chi connectivity index (χ3v) is 3.73. The molecular formula is C14H21NO. The summed E-state index contributed by atoms with van der Waals surface area (Å²) < 4.78 is 5.44. The van der Waals surface area contributed by atoms with E-state index >= 15 is 0 Å². The van der Waals surface area contributed by atoms with Gasteiger partial charge in [-0.15, -0.1) is 0 Å². The zero-order chi connectivity index (χ0) is 11.4. The summed E-state index contributed by atoms with van der Waals surface area (Å²) in [6, 6.07) is 8.31. The molecule has 2 heteroatoms. The van der Waals surface area contributed by atoms with Crippen LogP contribution in [0.4, 0.5) is 5.69 Å². The maximum Gasteiger partial charge on any atom is 0.0559 e. The Morgan fingerprint density at radius 2 is 2.00 bits per heavy atom. The quantitative estimate of drug-likeness (QED) is 0.793. The molecule has 1 aromatic carbocycles. The van der Waals surface area contributed by atoms with Crippen LogP contribution in [-0.4, -0.2) is 13.7 Å². The Kier molecular flexibility index (Phi) is 3.49. The van der Waals surface area contributed by atoms with E-state index in [1.807, 2.05) is 6.07 Å². The second kappa shape index (κ2) is 4.88. The largest absolute Gasteiger partial charge is 0.399 e. The summed E-state index contributed by atoms with van der Waals surface area (Å²) in [5.41, 5.74) is 8.31. The molecule has 0 unspecified atom stereocenters. The number of nitrogen functional groups attached to an aromatic ring is 1. The fraction of sp³-hybridized carbons (Fsp3) is 0.571. The van der Waals surface area contributed by atoms with Gasteiger partial charge >= 0.3 is 0 Å². The van der Waals surface area contributed by atoms with Gasteiger partial charge in [-0.05, 0) is 30.5 Å². The van der Waals surface area contributed by atoms with E-state index in [2.05, 4.69) is 18.2 Å². The second-order valence-corrected chi connectivity index (χ2v) is 4.90. The summed E-state index contributed by atoms with van der Waals surface area (Å²) in [5, 5.41) is 0. The molecule has 1 fully saturated rings. The number of rotatable bonds is 3. The number of methoxy groups -OCH3 is 1. The maximum atomic E-state index is 5.88. The predicted octanol–water partition coefficient (Wildman–Crippen LogP) is 3.12. The van der Waals surface area contributed by atoms with E-state index in [1.165, 1.54) is 37.7 Å². The molecule has 0 saturated heterocycles. The highest BCUT2D eigenvalue weighted by atomic mass is 16.5. The van der Waals surface area contributed by atoms with Crippen molar-refractivity contribution in [2.75, 3.05) is 19.5 Å². The first-order chi connectivity index (χ1) is 7.77. The lowest BCUT2D eigenvalue weighted by Gasteiger charge is -2.37. The molecule has 0 radical (unpaired) electrons. The number of hydrogen-bond donors (Lipinski definition) is 1. The van der Waals surface area contributed by atoms with Crippen LogP contribution in [0.15, 0.2) is 24.3 Å². The van der Waals surface area contributed by atoms with Crippen molar-refractivity contribution < 1.29 is 4.74 Å². The standard InChI is InChI=1S/C14H21NO/c1-16-11-14(8-3-2-4-9-14)12-6-5-7-13(15)10-12/h5-7,10H,2-4,8-9,11,15H2,1H3. The highest BCUT2D eigenvalue weighted by molar-refractivity contribution is 5.43. The SMILES string of the molecule is COCC1(c2cccc(N)c2)CCCCC1. The molecule has 0 aromatic heterocycles. The lowest BCUT2D eigenvalue weighted by atomic mass is 9.70. The average molecular weight is 219 g/mol. The molecule has 1 aliphatic carbocycles. The molecule has 0 bridgehead atoms. The first kappa shape index (κ1) is 11.5. The van der Waals surface area contributed by atoms with Crippen LogP contribution in [0.2, 0.25) is 0 Å². The molecule has 1 saturated carbocycles. The van der Waals surface area contributed by atoms with Gasteiger partial charge in [-0.1, -0.05) is 31.4 Å². The molecule has 0 amide bonds. The van der Waals surface area contributed by atoms with Crippen LogP contribution >= 0.6 is 0 Å². The summed E-state index contributed by atoms with van der Waals surface area (Å²) >= 11 is 0. The molecular weight excluding hydrogens is 198 g/mol. The number of anilines is 1. The highest BCUT2D eigenvalue weighted by Gasteiger charge is 2.33. The van der Waals surface area contributed by atoms with Gasteiger partial charge in [-0.3, -0.25) is 0 Å². The van der Waals surface area contributed by atoms with E-state index in [0.717, 1.165) is 12.3 Å². The topological polar surface area (TPSA) is 35.2 Å². The fourth-order valence-electron chi connectivity index (χ4n) is 2.89. The van der Waals surface area contributed by atoms with Gasteiger partial charge in [-0.25, -0.2) is 0 Å². The van der Waals surface area contributed by atoms with Gasteiger partial charge in [0.05, 0.1) is 6.61 Å². The van der Waals surface area contributed by atoms with Crippen molar-refractivity contribution in [3.8, 4) is 0 Å². The minimum atomic E-state index is 0.211. The van der Waals surface area contributed by atoms with Crippen molar-refractivity contribution >= 4 is 5.69 Å². The van der Waals surface area contributed by atoms with Gasteiger partial charge in [0, 0.05) is 18.2 Å². The zero-order valence-electron chi connectivity index (χ0n) is 10.0. The van der Waals surface area contributed by atoms with Crippen molar-refractivity contribution in [2.45, 2.75) is 37.5 Å². The van der Waals surface area contributed by atoms with Gasteiger partial charge < -0.3 is 10.5 Å². The summed E-state index contributed by atoms with van der Waals surface area (Å²) in [5.74, 6) is 0. The number of ether oxygens (including phenoxy) is 1. The van der Waals surface area contributed by atoms with Gasteiger partial charge in [0.25, 0.3) is 0 Å². The molecule has 1 aromatic rings. The van der Waals surface area contributed by atoms with E-state index in [4.69, 9.17) is 10.5 Å². The minimum absolute atomic E-state index is 0.211. The molecule has 16 heavy (non-hydrogen) atoms. The second-order valence-electron chi connectivity index (χ2n) is 4.90. The van der Waals surface area contributed by atoms with Crippen LogP contribution in [-0.2, 0) is 10.2 Å². The average Bonchev–Trinajstić information content (AvgIpc) is 2.31. The van der Waals surface area contributed by atoms with Crippen LogP contribution in [0.3, 0.4) is 0 Å².